The fourth-order valence-corrected chi connectivity index (χ4v) is 2.24. The lowest BCUT2D eigenvalue weighted by Crippen LogP contribution is -2.18. The number of thioether (sulfide) groups is 1. The molecule has 1 N–H and O–H groups in total. The van der Waals surface area contributed by atoms with Crippen molar-refractivity contribution in [2.45, 2.75) is 11.5 Å². The standard InChI is InChI=1S/C18H17NO2S/c20-18(21-15-16-9-3-1-4-10-16)19-13-7-8-14-22-17-11-5-2-6-12-17/h1-14H,15H2,(H,19,20)/b13-7-,14-8-. The van der Waals surface area contributed by atoms with E-state index in [1.54, 1.807) is 24.0 Å². The van der Waals surface area contributed by atoms with Crippen LogP contribution in [0.2, 0.25) is 0 Å². The van der Waals surface area contributed by atoms with Crippen molar-refractivity contribution in [2.75, 3.05) is 0 Å². The third kappa shape index (κ3) is 6.33. The Bertz CT molecular complexity index is 624. The third-order valence-electron chi connectivity index (χ3n) is 2.65. The van der Waals surface area contributed by atoms with Crippen LogP contribution in [0.5, 0.6) is 0 Å². The van der Waals surface area contributed by atoms with Gasteiger partial charge in [0.2, 0.25) is 0 Å². The summed E-state index contributed by atoms with van der Waals surface area (Å²) in [6, 6.07) is 19.6. The monoisotopic (exact) mass is 311 g/mol. The number of ether oxygens (including phenoxy) is 1. The third-order valence-corrected chi connectivity index (χ3v) is 3.48. The molecule has 2 aromatic rings. The van der Waals surface area contributed by atoms with Crippen molar-refractivity contribution in [1.82, 2.24) is 5.32 Å². The van der Waals surface area contributed by atoms with Gasteiger partial charge in [-0.3, -0.25) is 5.32 Å². The molecule has 0 aliphatic rings. The Morgan fingerprint density at radius 1 is 1.00 bits per heavy atom. The molecule has 0 radical (unpaired) electrons. The van der Waals surface area contributed by atoms with Crippen LogP contribution in [-0.2, 0) is 11.3 Å². The second-order valence-electron chi connectivity index (χ2n) is 4.32. The normalized spacial score (nSPS) is 10.9. The first-order valence-electron chi connectivity index (χ1n) is 6.85. The van der Waals surface area contributed by atoms with Gasteiger partial charge in [-0.2, -0.15) is 0 Å². The summed E-state index contributed by atoms with van der Waals surface area (Å²) in [6.07, 6.45) is 4.69. The van der Waals surface area contributed by atoms with E-state index in [4.69, 9.17) is 4.74 Å². The van der Waals surface area contributed by atoms with E-state index in [0.717, 1.165) is 5.56 Å². The summed E-state index contributed by atoms with van der Waals surface area (Å²) in [7, 11) is 0. The molecule has 0 saturated carbocycles. The Morgan fingerprint density at radius 3 is 2.41 bits per heavy atom. The van der Waals surface area contributed by atoms with E-state index in [2.05, 4.69) is 5.32 Å². The van der Waals surface area contributed by atoms with Crippen molar-refractivity contribution in [3.05, 3.63) is 90.0 Å². The van der Waals surface area contributed by atoms with E-state index in [-0.39, 0.29) is 6.61 Å². The van der Waals surface area contributed by atoms with Gasteiger partial charge in [-0.05, 0) is 29.2 Å². The Kier molecular flexibility index (Phi) is 6.85. The highest BCUT2D eigenvalue weighted by atomic mass is 32.2. The lowest BCUT2D eigenvalue weighted by Gasteiger charge is -2.03. The summed E-state index contributed by atoms with van der Waals surface area (Å²) in [5.41, 5.74) is 0.959. The van der Waals surface area contributed by atoms with Gasteiger partial charge in [0, 0.05) is 11.1 Å². The number of rotatable bonds is 6. The maximum atomic E-state index is 11.5. The van der Waals surface area contributed by atoms with Crippen LogP contribution >= 0.6 is 11.8 Å². The van der Waals surface area contributed by atoms with E-state index in [1.165, 1.54) is 4.90 Å². The summed E-state index contributed by atoms with van der Waals surface area (Å²) >= 11 is 1.61. The van der Waals surface area contributed by atoms with Crippen molar-refractivity contribution in [3.63, 3.8) is 0 Å². The molecule has 4 heteroatoms. The molecule has 0 aliphatic heterocycles. The summed E-state index contributed by atoms with van der Waals surface area (Å²) < 4.78 is 5.07. The second-order valence-corrected chi connectivity index (χ2v) is 5.30. The highest BCUT2D eigenvalue weighted by Crippen LogP contribution is 2.17. The highest BCUT2D eigenvalue weighted by Gasteiger charge is 1.98. The Hall–Kier alpha value is -2.46. The predicted octanol–water partition coefficient (Wildman–Crippen LogP) is 4.73. The van der Waals surface area contributed by atoms with Gasteiger partial charge in [-0.15, -0.1) is 0 Å². The zero-order chi connectivity index (χ0) is 15.5. The maximum absolute atomic E-state index is 11.5. The van der Waals surface area contributed by atoms with E-state index in [1.807, 2.05) is 72.1 Å². The molecule has 0 saturated heterocycles. The van der Waals surface area contributed by atoms with Crippen molar-refractivity contribution in [2.24, 2.45) is 0 Å². The van der Waals surface area contributed by atoms with Crippen molar-refractivity contribution in [1.29, 1.82) is 0 Å². The van der Waals surface area contributed by atoms with Crippen LogP contribution in [0.4, 0.5) is 4.79 Å². The SMILES string of the molecule is O=C(N/C=C\C=C/Sc1ccccc1)OCc1ccccc1. The van der Waals surface area contributed by atoms with E-state index in [0.29, 0.717) is 0 Å². The minimum absolute atomic E-state index is 0.264. The molecule has 2 aromatic carbocycles. The number of carbonyl (C=O) groups excluding carboxylic acids is 1. The molecule has 0 aromatic heterocycles. The smallest absolute Gasteiger partial charge is 0.411 e. The number of carbonyl (C=O) groups is 1. The van der Waals surface area contributed by atoms with E-state index >= 15 is 0 Å². The van der Waals surface area contributed by atoms with Gasteiger partial charge in [0.05, 0.1) is 0 Å². The van der Waals surface area contributed by atoms with Crippen LogP contribution in [0.3, 0.4) is 0 Å². The quantitative estimate of drug-likeness (QED) is 0.619. The van der Waals surface area contributed by atoms with Gasteiger partial charge in [0.25, 0.3) is 0 Å². The van der Waals surface area contributed by atoms with Crippen molar-refractivity contribution in [3.8, 4) is 0 Å². The molecule has 3 nitrogen and oxygen atoms in total. The molecular formula is C18H17NO2S. The van der Waals surface area contributed by atoms with Gasteiger partial charge in [-0.25, -0.2) is 4.79 Å². The van der Waals surface area contributed by atoms with Gasteiger partial charge >= 0.3 is 6.09 Å². The van der Waals surface area contributed by atoms with Crippen molar-refractivity contribution >= 4 is 17.9 Å². The van der Waals surface area contributed by atoms with E-state index < -0.39 is 6.09 Å². The van der Waals surface area contributed by atoms with Gasteiger partial charge < -0.3 is 4.74 Å². The predicted molar refractivity (Wildman–Crippen MR) is 90.3 cm³/mol. The lowest BCUT2D eigenvalue weighted by atomic mass is 10.2. The number of allylic oxidation sites excluding steroid dienone is 2. The molecule has 22 heavy (non-hydrogen) atoms. The highest BCUT2D eigenvalue weighted by molar-refractivity contribution is 8.02. The maximum Gasteiger partial charge on any atom is 0.411 e. The van der Waals surface area contributed by atoms with Gasteiger partial charge in [0.1, 0.15) is 6.61 Å². The molecule has 112 valence electrons. The van der Waals surface area contributed by atoms with Crippen LogP contribution in [0, 0.1) is 0 Å². The molecule has 2 rings (SSSR count). The first-order chi connectivity index (χ1) is 10.8. The number of hydrogen-bond donors (Lipinski definition) is 1. The number of amides is 1. The first kappa shape index (κ1) is 15.9. The molecule has 0 unspecified atom stereocenters. The molecule has 1 amide bonds. The average Bonchev–Trinajstić information content (AvgIpc) is 2.58. The molecule has 0 fully saturated rings. The number of benzene rings is 2. The van der Waals surface area contributed by atoms with Crippen LogP contribution in [0.25, 0.3) is 0 Å². The van der Waals surface area contributed by atoms with Crippen LogP contribution in [0.1, 0.15) is 5.56 Å². The minimum Gasteiger partial charge on any atom is -0.444 e. The van der Waals surface area contributed by atoms with Crippen LogP contribution < -0.4 is 5.32 Å². The topological polar surface area (TPSA) is 38.3 Å². The van der Waals surface area contributed by atoms with Gasteiger partial charge in [-0.1, -0.05) is 66.4 Å². The summed E-state index contributed by atoms with van der Waals surface area (Å²) in [6.45, 7) is 0.264. The molecular weight excluding hydrogens is 294 g/mol. The van der Waals surface area contributed by atoms with Gasteiger partial charge in [0.15, 0.2) is 0 Å². The molecule has 0 heterocycles. The van der Waals surface area contributed by atoms with E-state index in [9.17, 15) is 4.79 Å². The van der Waals surface area contributed by atoms with Crippen LogP contribution in [0.15, 0.2) is 89.3 Å². The molecule has 0 spiro atoms. The summed E-state index contributed by atoms with van der Waals surface area (Å²) in [5.74, 6) is 0. The fraction of sp³-hybridized carbons (Fsp3) is 0.0556. The average molecular weight is 311 g/mol. The first-order valence-corrected chi connectivity index (χ1v) is 7.73. The summed E-state index contributed by atoms with van der Waals surface area (Å²) in [5, 5.41) is 4.50. The number of nitrogens with one attached hydrogen (secondary N) is 1. The number of alkyl carbamates (subject to hydrolysis) is 1. The summed E-state index contributed by atoms with van der Waals surface area (Å²) in [4.78, 5) is 12.6. The molecule has 0 bridgehead atoms. The second kappa shape index (κ2) is 9.47. The fourth-order valence-electron chi connectivity index (χ4n) is 1.60. The minimum atomic E-state index is -0.468. The Morgan fingerprint density at radius 2 is 1.68 bits per heavy atom. The molecule has 0 aliphatic carbocycles. The van der Waals surface area contributed by atoms with Crippen molar-refractivity contribution < 1.29 is 9.53 Å². The molecule has 0 atom stereocenters. The largest absolute Gasteiger partial charge is 0.444 e. The van der Waals surface area contributed by atoms with Crippen LogP contribution in [-0.4, -0.2) is 6.09 Å². The zero-order valence-electron chi connectivity index (χ0n) is 12.0. The zero-order valence-corrected chi connectivity index (χ0v) is 12.8. The number of hydrogen-bond acceptors (Lipinski definition) is 3. The lowest BCUT2D eigenvalue weighted by molar-refractivity contribution is 0.143. The Labute approximate surface area is 134 Å². The Balaban J connectivity index is 1.63.